The number of methoxy groups -OCH3 is 1. The third-order valence-electron chi connectivity index (χ3n) is 4.40. The molecular weight excluding hydrogens is 495 g/mol. The molecule has 32 heavy (non-hydrogen) atoms. The molecule has 2 aromatic carbocycles. The van der Waals surface area contributed by atoms with Gasteiger partial charge in [0.25, 0.3) is 11.8 Å². The maximum atomic E-state index is 13.0. The first-order valence-electron chi connectivity index (χ1n) is 9.09. The van der Waals surface area contributed by atoms with Crippen molar-refractivity contribution in [3.05, 3.63) is 57.6 Å². The first kappa shape index (κ1) is 23.3. The summed E-state index contributed by atoms with van der Waals surface area (Å²) in [5.41, 5.74) is 5.28. The molecule has 11 heteroatoms. The van der Waals surface area contributed by atoms with Crippen LogP contribution in [-0.2, 0) is 15.8 Å². The molecule has 0 spiro atoms. The van der Waals surface area contributed by atoms with Crippen molar-refractivity contribution < 1.29 is 32.2 Å². The minimum absolute atomic E-state index is 0.00142. The minimum atomic E-state index is -4.54. The topological polar surface area (TPSA) is 94.2 Å². The summed E-state index contributed by atoms with van der Waals surface area (Å²) >= 11 is 3.33. The lowest BCUT2D eigenvalue weighted by Crippen LogP contribution is -2.21. The van der Waals surface area contributed by atoms with Crippen LogP contribution < -0.4 is 20.2 Å². The van der Waals surface area contributed by atoms with Crippen molar-refractivity contribution in [1.82, 2.24) is 0 Å². The normalized spacial score (nSPS) is 15.2. The van der Waals surface area contributed by atoms with E-state index in [1.54, 1.807) is 19.1 Å². The molecule has 2 N–H and O–H groups in total. The maximum Gasteiger partial charge on any atom is 0.416 e. The highest BCUT2D eigenvalue weighted by Gasteiger charge is 2.33. The number of benzene rings is 2. The SMILES string of the molecule is COc1cc(/C=C2\C(=O)N(c3cccc(C(F)(F)F)c3)N=C2C)cc(Br)c1OCC(N)=O. The van der Waals surface area contributed by atoms with Gasteiger partial charge < -0.3 is 15.2 Å². The lowest BCUT2D eigenvalue weighted by Gasteiger charge is -2.14. The van der Waals surface area contributed by atoms with Crippen LogP contribution in [0.2, 0.25) is 0 Å². The Balaban J connectivity index is 1.94. The lowest BCUT2D eigenvalue weighted by atomic mass is 10.1. The Morgan fingerprint density at radius 2 is 2.00 bits per heavy atom. The van der Waals surface area contributed by atoms with Gasteiger partial charge in [-0.25, -0.2) is 0 Å². The summed E-state index contributed by atoms with van der Waals surface area (Å²) in [7, 11) is 1.40. The molecule has 1 heterocycles. The molecule has 1 aliphatic heterocycles. The van der Waals surface area contributed by atoms with Crippen LogP contribution in [0.1, 0.15) is 18.1 Å². The number of ether oxygens (including phenoxy) is 2. The maximum absolute atomic E-state index is 13.0. The number of primary amides is 1. The molecule has 0 aliphatic carbocycles. The number of hydrogen-bond donors (Lipinski definition) is 1. The fourth-order valence-electron chi connectivity index (χ4n) is 2.95. The third-order valence-corrected chi connectivity index (χ3v) is 4.99. The van der Waals surface area contributed by atoms with Crippen LogP contribution in [-0.4, -0.2) is 31.2 Å². The summed E-state index contributed by atoms with van der Waals surface area (Å²) in [5, 5.41) is 5.04. The Bertz CT molecular complexity index is 1150. The number of amides is 2. The molecule has 168 valence electrons. The predicted octanol–water partition coefficient (Wildman–Crippen LogP) is 4.15. The highest BCUT2D eigenvalue weighted by Crippen LogP contribution is 2.38. The van der Waals surface area contributed by atoms with E-state index in [2.05, 4.69) is 21.0 Å². The first-order chi connectivity index (χ1) is 15.0. The highest BCUT2D eigenvalue weighted by molar-refractivity contribution is 9.10. The molecule has 0 atom stereocenters. The van der Waals surface area contributed by atoms with Crippen molar-refractivity contribution in [3.63, 3.8) is 0 Å². The molecule has 0 radical (unpaired) electrons. The summed E-state index contributed by atoms with van der Waals surface area (Å²) in [5.74, 6) is -0.710. The number of hydrazone groups is 1. The van der Waals surface area contributed by atoms with Crippen molar-refractivity contribution in [3.8, 4) is 11.5 Å². The van der Waals surface area contributed by atoms with E-state index in [0.717, 1.165) is 17.1 Å². The van der Waals surface area contributed by atoms with Crippen molar-refractivity contribution in [1.29, 1.82) is 0 Å². The number of halogens is 4. The van der Waals surface area contributed by atoms with Gasteiger partial charge in [0.1, 0.15) is 0 Å². The molecule has 0 bridgehead atoms. The highest BCUT2D eigenvalue weighted by atomic mass is 79.9. The van der Waals surface area contributed by atoms with E-state index in [4.69, 9.17) is 15.2 Å². The van der Waals surface area contributed by atoms with Crippen LogP contribution in [0.15, 0.2) is 51.5 Å². The molecule has 3 rings (SSSR count). The Morgan fingerprint density at radius 1 is 1.28 bits per heavy atom. The molecule has 0 unspecified atom stereocenters. The van der Waals surface area contributed by atoms with Crippen molar-refractivity contribution >= 4 is 45.2 Å². The minimum Gasteiger partial charge on any atom is -0.493 e. The van der Waals surface area contributed by atoms with Gasteiger partial charge in [-0.1, -0.05) is 6.07 Å². The van der Waals surface area contributed by atoms with E-state index in [-0.39, 0.29) is 29.4 Å². The molecule has 2 aromatic rings. The van der Waals surface area contributed by atoms with Gasteiger partial charge in [-0.2, -0.15) is 23.3 Å². The van der Waals surface area contributed by atoms with Crippen LogP contribution in [0.4, 0.5) is 18.9 Å². The zero-order chi connectivity index (χ0) is 23.6. The second-order valence-corrected chi connectivity index (χ2v) is 7.55. The Labute approximate surface area is 189 Å². The van der Waals surface area contributed by atoms with Crippen LogP contribution >= 0.6 is 15.9 Å². The molecule has 0 aromatic heterocycles. The van der Waals surface area contributed by atoms with Crippen molar-refractivity contribution in [2.75, 3.05) is 18.7 Å². The molecule has 1 aliphatic rings. The van der Waals surface area contributed by atoms with E-state index >= 15 is 0 Å². The number of alkyl halides is 3. The molecule has 7 nitrogen and oxygen atoms in total. The van der Waals surface area contributed by atoms with E-state index in [1.165, 1.54) is 25.3 Å². The standard InChI is InChI=1S/C21H17BrF3N3O4/c1-11-15(6-12-7-16(22)19(17(8-12)31-2)32-10-18(26)29)20(30)28(27-11)14-5-3-4-13(9-14)21(23,24)25/h3-9H,10H2,1-2H3,(H2,26,29)/b15-6-. The van der Waals surface area contributed by atoms with Gasteiger partial charge in [-0.15, -0.1) is 0 Å². The summed E-state index contributed by atoms with van der Waals surface area (Å²) in [4.78, 5) is 23.9. The lowest BCUT2D eigenvalue weighted by molar-refractivity contribution is -0.137. The van der Waals surface area contributed by atoms with Crippen molar-refractivity contribution in [2.45, 2.75) is 13.1 Å². The fraction of sp³-hybridized carbons (Fsp3) is 0.190. The number of rotatable bonds is 6. The summed E-state index contributed by atoms with van der Waals surface area (Å²) in [6.07, 6.45) is -3.02. The van der Waals surface area contributed by atoms with Gasteiger partial charge in [-0.05, 0) is 64.8 Å². The van der Waals surface area contributed by atoms with Crippen LogP contribution in [0, 0.1) is 0 Å². The second-order valence-electron chi connectivity index (χ2n) is 6.70. The van der Waals surface area contributed by atoms with Gasteiger partial charge in [0.15, 0.2) is 18.1 Å². The fourth-order valence-corrected chi connectivity index (χ4v) is 3.52. The average Bonchev–Trinajstić information content (AvgIpc) is 3.00. The number of carbonyl (C=O) groups excluding carboxylic acids is 2. The van der Waals surface area contributed by atoms with Crippen LogP contribution in [0.5, 0.6) is 11.5 Å². The monoisotopic (exact) mass is 511 g/mol. The van der Waals surface area contributed by atoms with Gasteiger partial charge in [-0.3, -0.25) is 9.59 Å². The van der Waals surface area contributed by atoms with Gasteiger partial charge in [0.2, 0.25) is 0 Å². The van der Waals surface area contributed by atoms with Crippen molar-refractivity contribution in [2.24, 2.45) is 10.8 Å². The number of nitrogens with two attached hydrogens (primary N) is 1. The molecule has 2 amide bonds. The Morgan fingerprint density at radius 3 is 2.62 bits per heavy atom. The number of hydrogen-bond acceptors (Lipinski definition) is 5. The molecule has 0 fully saturated rings. The largest absolute Gasteiger partial charge is 0.493 e. The quantitative estimate of drug-likeness (QED) is 0.589. The zero-order valence-electron chi connectivity index (χ0n) is 16.9. The third kappa shape index (κ3) is 4.93. The molecule has 0 saturated heterocycles. The van der Waals surface area contributed by atoms with Gasteiger partial charge in [0.05, 0.1) is 34.1 Å². The van der Waals surface area contributed by atoms with Crippen LogP contribution in [0.25, 0.3) is 6.08 Å². The van der Waals surface area contributed by atoms with E-state index in [9.17, 15) is 22.8 Å². The summed E-state index contributed by atoms with van der Waals surface area (Å²) in [6.45, 7) is 1.22. The van der Waals surface area contributed by atoms with E-state index in [0.29, 0.717) is 15.7 Å². The Hall–Kier alpha value is -3.34. The predicted molar refractivity (Wildman–Crippen MR) is 115 cm³/mol. The van der Waals surface area contributed by atoms with Gasteiger partial charge >= 0.3 is 6.18 Å². The van der Waals surface area contributed by atoms with E-state index < -0.39 is 23.6 Å². The smallest absolute Gasteiger partial charge is 0.416 e. The summed E-state index contributed by atoms with van der Waals surface area (Å²) in [6, 6.07) is 7.56. The number of carbonyl (C=O) groups is 2. The summed E-state index contributed by atoms with van der Waals surface area (Å²) < 4.78 is 50.2. The first-order valence-corrected chi connectivity index (χ1v) is 9.88. The second kappa shape index (κ2) is 9.03. The Kier molecular flexibility index (Phi) is 6.58. The molecular formula is C21H17BrF3N3O4. The van der Waals surface area contributed by atoms with Gasteiger partial charge in [0, 0.05) is 0 Å². The average molecular weight is 512 g/mol. The van der Waals surface area contributed by atoms with Crippen LogP contribution in [0.3, 0.4) is 0 Å². The number of anilines is 1. The molecule has 0 saturated carbocycles. The number of nitrogens with zero attached hydrogens (tertiary/aromatic N) is 2. The zero-order valence-corrected chi connectivity index (χ0v) is 18.5. The van der Waals surface area contributed by atoms with E-state index in [1.807, 2.05) is 0 Å².